The molecule has 3 aromatic rings. The van der Waals surface area contributed by atoms with Crippen molar-refractivity contribution in [1.29, 1.82) is 0 Å². The number of nitrogens with one attached hydrogen (secondary N) is 2. The molecule has 0 aliphatic heterocycles. The number of benzene rings is 2. The quantitative estimate of drug-likeness (QED) is 0.422. The predicted molar refractivity (Wildman–Crippen MR) is 109 cm³/mol. The van der Waals surface area contributed by atoms with Crippen LogP contribution in [0.25, 0.3) is 11.3 Å². The summed E-state index contributed by atoms with van der Waals surface area (Å²) in [6.45, 7) is -0.0678. The fraction of sp³-hybridized carbons (Fsp3) is 0.150. The van der Waals surface area contributed by atoms with E-state index in [1.807, 2.05) is 0 Å². The summed E-state index contributed by atoms with van der Waals surface area (Å²) in [5.74, 6) is -0.705. The molecule has 11 heteroatoms. The first-order chi connectivity index (χ1) is 14.7. The summed E-state index contributed by atoms with van der Waals surface area (Å²) in [6, 6.07) is 12.9. The fourth-order valence-corrected chi connectivity index (χ4v) is 2.58. The average molecular weight is 433 g/mol. The number of nitrogen functional groups attached to an aromatic ring is 1. The van der Waals surface area contributed by atoms with Crippen LogP contribution in [0.5, 0.6) is 5.75 Å². The Bertz CT molecular complexity index is 1060. The number of aliphatic hydroxyl groups excluding tert-OH is 1. The lowest BCUT2D eigenvalue weighted by molar-refractivity contribution is -0.274. The first-order valence-corrected chi connectivity index (χ1v) is 9.00. The number of nitrogens with two attached hydrogens (primary N) is 1. The zero-order chi connectivity index (χ0) is 22.4. The van der Waals surface area contributed by atoms with E-state index in [-0.39, 0.29) is 30.6 Å². The minimum Gasteiger partial charge on any atom is -0.406 e. The van der Waals surface area contributed by atoms with Crippen LogP contribution in [0.1, 0.15) is 10.4 Å². The number of ether oxygens (including phenoxy) is 1. The van der Waals surface area contributed by atoms with Crippen LogP contribution in [0, 0.1) is 0 Å². The van der Waals surface area contributed by atoms with Gasteiger partial charge in [-0.2, -0.15) is 4.98 Å². The third-order valence-electron chi connectivity index (χ3n) is 3.90. The second kappa shape index (κ2) is 9.30. The number of anilines is 3. The maximum absolute atomic E-state index is 12.5. The summed E-state index contributed by atoms with van der Waals surface area (Å²) in [5.41, 5.74) is 6.99. The minimum atomic E-state index is -4.84. The Balaban J connectivity index is 1.92. The predicted octanol–water partition coefficient (Wildman–Crippen LogP) is 3.28. The Kier molecular flexibility index (Phi) is 6.55. The van der Waals surface area contributed by atoms with Crippen molar-refractivity contribution in [3.8, 4) is 17.0 Å². The number of hydrogen-bond acceptors (Lipinski definition) is 7. The van der Waals surface area contributed by atoms with Gasteiger partial charge in [-0.05, 0) is 36.4 Å². The molecule has 1 aromatic heterocycles. The molecule has 0 radical (unpaired) electrons. The lowest BCUT2D eigenvalue weighted by atomic mass is 10.1. The molecule has 0 aliphatic rings. The van der Waals surface area contributed by atoms with Crippen molar-refractivity contribution in [2.24, 2.45) is 0 Å². The van der Waals surface area contributed by atoms with Gasteiger partial charge in [-0.1, -0.05) is 12.1 Å². The van der Waals surface area contributed by atoms with Gasteiger partial charge in [-0.25, -0.2) is 4.98 Å². The summed E-state index contributed by atoms with van der Waals surface area (Å²) >= 11 is 0. The number of hydrogen-bond donors (Lipinski definition) is 4. The minimum absolute atomic E-state index is 0.0706. The summed E-state index contributed by atoms with van der Waals surface area (Å²) < 4.78 is 41.6. The van der Waals surface area contributed by atoms with Crippen molar-refractivity contribution in [3.63, 3.8) is 0 Å². The van der Waals surface area contributed by atoms with E-state index in [2.05, 4.69) is 25.3 Å². The van der Waals surface area contributed by atoms with Crippen LogP contribution in [0.2, 0.25) is 0 Å². The topological polar surface area (TPSA) is 122 Å². The fourth-order valence-electron chi connectivity index (χ4n) is 2.58. The number of nitrogens with zero attached hydrogens (tertiary/aromatic N) is 2. The van der Waals surface area contributed by atoms with Crippen LogP contribution in [-0.4, -0.2) is 40.5 Å². The molecule has 0 saturated carbocycles. The van der Waals surface area contributed by atoms with Gasteiger partial charge in [0.2, 0.25) is 5.95 Å². The molecule has 0 atom stereocenters. The van der Waals surface area contributed by atoms with Gasteiger partial charge in [0, 0.05) is 29.4 Å². The normalized spacial score (nSPS) is 11.1. The smallest absolute Gasteiger partial charge is 0.406 e. The second-order valence-electron chi connectivity index (χ2n) is 6.26. The van der Waals surface area contributed by atoms with Crippen molar-refractivity contribution >= 4 is 23.4 Å². The van der Waals surface area contributed by atoms with E-state index in [0.29, 0.717) is 16.8 Å². The zero-order valence-electron chi connectivity index (χ0n) is 16.0. The number of aromatic nitrogens is 2. The monoisotopic (exact) mass is 433 g/mol. The van der Waals surface area contributed by atoms with Crippen LogP contribution < -0.4 is 21.1 Å². The van der Waals surface area contributed by atoms with Gasteiger partial charge in [0.25, 0.3) is 5.91 Å². The molecule has 0 aliphatic carbocycles. The third kappa shape index (κ3) is 6.31. The highest BCUT2D eigenvalue weighted by Crippen LogP contribution is 2.28. The number of carbonyl (C=O) groups excluding carboxylic acids is 1. The zero-order valence-corrected chi connectivity index (χ0v) is 16.0. The first kappa shape index (κ1) is 21.8. The van der Waals surface area contributed by atoms with Gasteiger partial charge in [0.1, 0.15) is 11.6 Å². The highest BCUT2D eigenvalue weighted by Gasteiger charge is 2.31. The molecule has 0 spiro atoms. The molecule has 1 amide bonds. The van der Waals surface area contributed by atoms with Gasteiger partial charge in [-0.15, -0.1) is 13.2 Å². The van der Waals surface area contributed by atoms with Gasteiger partial charge >= 0.3 is 6.36 Å². The highest BCUT2D eigenvalue weighted by atomic mass is 19.4. The largest absolute Gasteiger partial charge is 0.573 e. The van der Waals surface area contributed by atoms with Gasteiger partial charge < -0.3 is 26.2 Å². The van der Waals surface area contributed by atoms with Gasteiger partial charge in [-0.3, -0.25) is 4.79 Å². The summed E-state index contributed by atoms with van der Waals surface area (Å²) in [5, 5.41) is 14.4. The lowest BCUT2D eigenvalue weighted by Gasteiger charge is -2.12. The van der Waals surface area contributed by atoms with Crippen LogP contribution >= 0.6 is 0 Å². The number of carbonyl (C=O) groups is 1. The summed E-state index contributed by atoms with van der Waals surface area (Å²) in [7, 11) is 0. The Morgan fingerprint density at radius 1 is 1.10 bits per heavy atom. The molecule has 2 aromatic carbocycles. The third-order valence-corrected chi connectivity index (χ3v) is 3.90. The van der Waals surface area contributed by atoms with Crippen LogP contribution in [0.4, 0.5) is 30.6 Å². The van der Waals surface area contributed by atoms with E-state index in [1.165, 1.54) is 30.3 Å². The highest BCUT2D eigenvalue weighted by molar-refractivity contribution is 6.04. The van der Waals surface area contributed by atoms with E-state index >= 15 is 0 Å². The van der Waals surface area contributed by atoms with Crippen molar-refractivity contribution in [1.82, 2.24) is 9.97 Å². The Morgan fingerprint density at radius 2 is 1.84 bits per heavy atom. The molecule has 162 valence electrons. The maximum atomic E-state index is 12.5. The maximum Gasteiger partial charge on any atom is 0.573 e. The van der Waals surface area contributed by atoms with E-state index in [1.54, 1.807) is 12.1 Å². The van der Waals surface area contributed by atoms with Crippen LogP contribution in [0.3, 0.4) is 0 Å². The van der Waals surface area contributed by atoms with Crippen LogP contribution in [-0.2, 0) is 0 Å². The average Bonchev–Trinajstić information content (AvgIpc) is 2.71. The number of rotatable bonds is 7. The van der Waals surface area contributed by atoms with E-state index in [4.69, 9.17) is 10.8 Å². The molecule has 0 fully saturated rings. The molecule has 3 rings (SSSR count). The molecule has 0 bridgehead atoms. The molecule has 8 nitrogen and oxygen atoms in total. The Hall–Kier alpha value is -3.86. The second-order valence-corrected chi connectivity index (χ2v) is 6.26. The molecule has 1 heterocycles. The summed E-state index contributed by atoms with van der Waals surface area (Å²) in [6.07, 6.45) is -4.84. The van der Waals surface area contributed by atoms with E-state index in [0.717, 1.165) is 12.1 Å². The van der Waals surface area contributed by atoms with Gasteiger partial charge in [0.05, 0.1) is 12.3 Å². The Labute approximate surface area is 174 Å². The van der Waals surface area contributed by atoms with E-state index < -0.39 is 18.0 Å². The lowest BCUT2D eigenvalue weighted by Crippen LogP contribution is -2.17. The molecule has 5 N–H and O–H groups in total. The molecule has 0 unspecified atom stereocenters. The number of amides is 1. The van der Waals surface area contributed by atoms with Crippen LogP contribution in [0.15, 0.2) is 54.6 Å². The molecule has 31 heavy (non-hydrogen) atoms. The number of halogens is 3. The van der Waals surface area contributed by atoms with Crippen molar-refractivity contribution in [2.75, 3.05) is 29.5 Å². The van der Waals surface area contributed by atoms with Crippen molar-refractivity contribution in [3.05, 3.63) is 60.2 Å². The summed E-state index contributed by atoms with van der Waals surface area (Å²) in [4.78, 5) is 20.9. The molecular formula is C20H18F3N5O3. The van der Waals surface area contributed by atoms with E-state index in [9.17, 15) is 18.0 Å². The number of aliphatic hydroxyl groups is 1. The van der Waals surface area contributed by atoms with Gasteiger partial charge in [0.15, 0.2) is 0 Å². The van der Waals surface area contributed by atoms with Crippen molar-refractivity contribution in [2.45, 2.75) is 6.36 Å². The molecule has 0 saturated heterocycles. The SMILES string of the molecule is Nc1ccc(C(=O)Nc2cc(-c3cccc(OC(F)(F)F)c3)nc(NCCO)n2)cc1. The standard InChI is InChI=1S/C20H18F3N5O3/c21-20(22,23)31-15-3-1-2-13(10-15)16-11-17(28-19(26-16)25-8-9-29)27-18(30)12-4-6-14(24)7-5-12/h1-7,10-11,29H,8-9,24H2,(H2,25,26,27,28,30). The van der Waals surface area contributed by atoms with Crippen molar-refractivity contribution < 1.29 is 27.8 Å². The first-order valence-electron chi connectivity index (χ1n) is 9.00. The Morgan fingerprint density at radius 3 is 2.52 bits per heavy atom. The number of alkyl halides is 3. The molecular weight excluding hydrogens is 415 g/mol.